The SMILES string of the molecule is CC1(C)CC(=O)N(C(c2ccc(C#N)cc2)[C@@]2(C)CC2C(=O)N[C@H]2CC(C)(C)Oc3ccccc32)C(N)=N1. The zero-order valence-electron chi connectivity index (χ0n) is 22.6. The molecule has 8 nitrogen and oxygen atoms in total. The molecule has 2 amide bonds. The summed E-state index contributed by atoms with van der Waals surface area (Å²) in [6.07, 6.45) is 1.47. The van der Waals surface area contributed by atoms with Crippen LogP contribution >= 0.6 is 0 Å². The van der Waals surface area contributed by atoms with Gasteiger partial charge < -0.3 is 15.8 Å². The third-order valence-electron chi connectivity index (χ3n) is 8.04. The van der Waals surface area contributed by atoms with Gasteiger partial charge in [-0.1, -0.05) is 37.3 Å². The number of hydrogen-bond acceptors (Lipinski definition) is 6. The van der Waals surface area contributed by atoms with Crippen molar-refractivity contribution in [3.05, 3.63) is 65.2 Å². The Balaban J connectivity index is 1.46. The van der Waals surface area contributed by atoms with Crippen LogP contribution in [-0.2, 0) is 9.59 Å². The molecule has 1 aliphatic carbocycles. The van der Waals surface area contributed by atoms with Crippen LogP contribution in [0, 0.1) is 22.7 Å². The predicted molar refractivity (Wildman–Crippen MR) is 144 cm³/mol. The van der Waals surface area contributed by atoms with Crippen LogP contribution in [0.5, 0.6) is 5.75 Å². The summed E-state index contributed by atoms with van der Waals surface area (Å²) in [5, 5.41) is 12.6. The number of nitriles is 1. The first-order chi connectivity index (χ1) is 17.8. The van der Waals surface area contributed by atoms with Crippen LogP contribution in [0.3, 0.4) is 0 Å². The summed E-state index contributed by atoms with van der Waals surface area (Å²) >= 11 is 0. The third kappa shape index (κ3) is 4.62. The summed E-state index contributed by atoms with van der Waals surface area (Å²) in [5.74, 6) is 0.451. The van der Waals surface area contributed by atoms with Gasteiger partial charge in [-0.25, -0.2) is 4.99 Å². The average molecular weight is 514 g/mol. The van der Waals surface area contributed by atoms with Gasteiger partial charge >= 0.3 is 0 Å². The molecule has 0 bridgehead atoms. The molecule has 0 radical (unpaired) electrons. The summed E-state index contributed by atoms with van der Waals surface area (Å²) in [7, 11) is 0. The number of fused-ring (bicyclic) bond motifs is 1. The number of rotatable bonds is 5. The Hall–Kier alpha value is -3.86. The van der Waals surface area contributed by atoms with E-state index in [2.05, 4.69) is 16.4 Å². The van der Waals surface area contributed by atoms with Gasteiger partial charge in [0, 0.05) is 23.3 Å². The Morgan fingerprint density at radius 3 is 2.47 bits per heavy atom. The van der Waals surface area contributed by atoms with Gasteiger partial charge in [-0.2, -0.15) is 5.26 Å². The minimum atomic E-state index is -0.586. The lowest BCUT2D eigenvalue weighted by Crippen LogP contribution is -2.53. The first kappa shape index (κ1) is 25.8. The smallest absolute Gasteiger partial charge is 0.232 e. The molecule has 2 aliphatic heterocycles. The van der Waals surface area contributed by atoms with Crippen molar-refractivity contribution in [2.45, 2.75) is 77.1 Å². The summed E-state index contributed by atoms with van der Waals surface area (Å²) in [4.78, 5) is 33.3. The predicted octanol–water partition coefficient (Wildman–Crippen LogP) is 4.37. The second kappa shape index (κ2) is 8.87. The number of carbonyl (C=O) groups excluding carboxylic acids is 2. The van der Waals surface area contributed by atoms with E-state index in [1.54, 1.807) is 17.0 Å². The van der Waals surface area contributed by atoms with E-state index in [1.165, 1.54) is 0 Å². The molecule has 2 aromatic rings. The van der Waals surface area contributed by atoms with Gasteiger partial charge in [0.2, 0.25) is 11.8 Å². The Kier molecular flexibility index (Phi) is 6.01. The minimum absolute atomic E-state index is 0.0519. The molecule has 4 atom stereocenters. The van der Waals surface area contributed by atoms with Crippen LogP contribution in [0.15, 0.2) is 53.5 Å². The molecule has 198 valence electrons. The molecule has 3 aliphatic rings. The number of nitrogens with one attached hydrogen (secondary N) is 1. The number of guanidine groups is 1. The Bertz CT molecular complexity index is 1360. The van der Waals surface area contributed by atoms with Crippen LogP contribution in [0.2, 0.25) is 0 Å². The molecule has 2 aromatic carbocycles. The zero-order valence-corrected chi connectivity index (χ0v) is 22.6. The van der Waals surface area contributed by atoms with Gasteiger partial charge in [0.15, 0.2) is 5.96 Å². The van der Waals surface area contributed by atoms with Gasteiger partial charge in [-0.15, -0.1) is 0 Å². The molecule has 2 heterocycles. The summed E-state index contributed by atoms with van der Waals surface area (Å²) < 4.78 is 6.14. The fourth-order valence-electron chi connectivity index (χ4n) is 6.11. The van der Waals surface area contributed by atoms with Crippen LogP contribution in [0.4, 0.5) is 0 Å². The second-order valence-electron chi connectivity index (χ2n) is 12.3. The molecule has 8 heteroatoms. The minimum Gasteiger partial charge on any atom is -0.487 e. The number of aliphatic imine (C=N–C) groups is 1. The van der Waals surface area contributed by atoms with Crippen molar-refractivity contribution in [2.24, 2.45) is 22.1 Å². The van der Waals surface area contributed by atoms with Gasteiger partial charge in [0.25, 0.3) is 0 Å². The molecule has 0 spiro atoms. The number of para-hydroxylation sites is 1. The van der Waals surface area contributed by atoms with Crippen LogP contribution in [0.1, 0.15) is 82.7 Å². The highest BCUT2D eigenvalue weighted by Crippen LogP contribution is 2.62. The number of benzene rings is 2. The molecule has 0 aromatic heterocycles. The van der Waals surface area contributed by atoms with E-state index in [9.17, 15) is 14.9 Å². The monoisotopic (exact) mass is 513 g/mol. The van der Waals surface area contributed by atoms with Crippen LogP contribution < -0.4 is 15.8 Å². The number of nitrogens with zero attached hydrogens (tertiary/aromatic N) is 3. The van der Waals surface area contributed by atoms with Crippen molar-refractivity contribution in [3.8, 4) is 11.8 Å². The standard InChI is InChI=1S/C30H35N5O3/c1-28(2)16-24(36)35(27(32)34-28)25(19-12-10-18(17-31)11-13-19)30(5)14-21(30)26(37)33-22-15-29(3,4)38-23-9-7-6-8-20(22)23/h6-13,21-22,25H,14-16H2,1-5H3,(H2,32,34)(H,33,37)/t21?,22-,25?,30-/m0/s1. The van der Waals surface area contributed by atoms with E-state index < -0.39 is 22.6 Å². The maximum Gasteiger partial charge on any atom is 0.232 e. The van der Waals surface area contributed by atoms with Gasteiger partial charge in [0.05, 0.1) is 35.7 Å². The van der Waals surface area contributed by atoms with Crippen molar-refractivity contribution in [3.63, 3.8) is 0 Å². The maximum atomic E-state index is 13.7. The van der Waals surface area contributed by atoms with Crippen molar-refractivity contribution in [1.29, 1.82) is 5.26 Å². The molecule has 1 saturated carbocycles. The Morgan fingerprint density at radius 1 is 1.13 bits per heavy atom. The van der Waals surface area contributed by atoms with E-state index in [1.807, 2.05) is 71.0 Å². The highest BCUT2D eigenvalue weighted by Gasteiger charge is 2.62. The fourth-order valence-corrected chi connectivity index (χ4v) is 6.11. The topological polar surface area (TPSA) is 121 Å². The summed E-state index contributed by atoms with van der Waals surface area (Å²) in [5.41, 5.74) is 7.16. The maximum absolute atomic E-state index is 13.7. The quantitative estimate of drug-likeness (QED) is 0.615. The van der Waals surface area contributed by atoms with Crippen LogP contribution in [0.25, 0.3) is 0 Å². The zero-order chi connectivity index (χ0) is 27.5. The number of amides is 2. The van der Waals surface area contributed by atoms with E-state index in [0.717, 1.165) is 16.9 Å². The number of ether oxygens (including phenoxy) is 1. The van der Waals surface area contributed by atoms with Crippen molar-refractivity contribution in [1.82, 2.24) is 10.2 Å². The van der Waals surface area contributed by atoms with Gasteiger partial charge in [0.1, 0.15) is 11.4 Å². The second-order valence-corrected chi connectivity index (χ2v) is 12.3. The summed E-state index contributed by atoms with van der Waals surface area (Å²) in [6.45, 7) is 9.84. The molecule has 38 heavy (non-hydrogen) atoms. The summed E-state index contributed by atoms with van der Waals surface area (Å²) in [6, 6.07) is 16.4. The molecule has 5 rings (SSSR count). The van der Waals surface area contributed by atoms with Gasteiger partial charge in [-0.05, 0) is 57.9 Å². The van der Waals surface area contributed by atoms with Crippen LogP contribution in [-0.4, -0.2) is 33.8 Å². The number of nitrogens with two attached hydrogens (primary N) is 1. The molecular weight excluding hydrogens is 478 g/mol. The fraction of sp³-hybridized carbons (Fsp3) is 0.467. The molecular formula is C30H35N5O3. The highest BCUT2D eigenvalue weighted by atomic mass is 16.5. The molecule has 1 fully saturated rings. The number of carbonyl (C=O) groups is 2. The van der Waals surface area contributed by atoms with Crippen molar-refractivity contribution < 1.29 is 14.3 Å². The highest BCUT2D eigenvalue weighted by molar-refractivity contribution is 6.00. The van der Waals surface area contributed by atoms with E-state index in [4.69, 9.17) is 10.5 Å². The molecule has 2 unspecified atom stereocenters. The Labute approximate surface area is 223 Å². The van der Waals surface area contributed by atoms with Crippen molar-refractivity contribution >= 4 is 17.8 Å². The largest absolute Gasteiger partial charge is 0.487 e. The van der Waals surface area contributed by atoms with Gasteiger partial charge in [-0.3, -0.25) is 14.5 Å². The third-order valence-corrected chi connectivity index (χ3v) is 8.04. The average Bonchev–Trinajstić information content (AvgIpc) is 3.52. The van der Waals surface area contributed by atoms with E-state index in [-0.39, 0.29) is 36.2 Å². The first-order valence-electron chi connectivity index (χ1n) is 13.1. The normalized spacial score (nSPS) is 27.7. The lowest BCUT2D eigenvalue weighted by molar-refractivity contribution is -0.133. The molecule has 0 saturated heterocycles. The lowest BCUT2D eigenvalue weighted by Gasteiger charge is -2.41. The lowest BCUT2D eigenvalue weighted by atomic mass is 9.85. The molecule has 3 N–H and O–H groups in total. The van der Waals surface area contributed by atoms with E-state index in [0.29, 0.717) is 18.4 Å². The van der Waals surface area contributed by atoms with Crippen molar-refractivity contribution in [2.75, 3.05) is 0 Å². The first-order valence-corrected chi connectivity index (χ1v) is 13.1. The van der Waals surface area contributed by atoms with E-state index >= 15 is 0 Å². The Morgan fingerprint density at radius 2 is 1.82 bits per heavy atom. The number of hydrogen-bond donors (Lipinski definition) is 2.